The molecule has 0 atom stereocenters. The van der Waals surface area contributed by atoms with E-state index in [-0.39, 0.29) is 18.0 Å². The number of nitrogens with zero attached hydrogens (tertiary/aromatic N) is 1. The number of ketones is 1. The average molecular weight is 510 g/mol. The van der Waals surface area contributed by atoms with Crippen LogP contribution in [0.2, 0.25) is 5.02 Å². The quantitative estimate of drug-likeness (QED) is 0.131. The van der Waals surface area contributed by atoms with Crippen molar-refractivity contribution in [3.63, 3.8) is 0 Å². The lowest BCUT2D eigenvalue weighted by Crippen LogP contribution is -2.13. The monoisotopic (exact) mass is 509 g/mol. The zero-order chi connectivity index (χ0) is 26.0. The fourth-order valence-corrected chi connectivity index (χ4v) is 4.98. The van der Waals surface area contributed by atoms with E-state index in [1.54, 1.807) is 19.2 Å². The minimum Gasteiger partial charge on any atom is -0.497 e. The van der Waals surface area contributed by atoms with E-state index in [0.717, 1.165) is 53.2 Å². The van der Waals surface area contributed by atoms with Crippen LogP contribution in [0.3, 0.4) is 0 Å². The molecule has 36 heavy (non-hydrogen) atoms. The Balaban J connectivity index is 1.60. The number of aromatic nitrogens is 1. The van der Waals surface area contributed by atoms with Crippen molar-refractivity contribution in [1.29, 1.82) is 0 Å². The number of hydrogen-bond acceptors (Lipinski definition) is 5. The van der Waals surface area contributed by atoms with Crippen LogP contribution in [-0.2, 0) is 13.5 Å². The van der Waals surface area contributed by atoms with Gasteiger partial charge in [-0.1, -0.05) is 37.8 Å². The second-order valence-electron chi connectivity index (χ2n) is 9.20. The van der Waals surface area contributed by atoms with Gasteiger partial charge in [-0.25, -0.2) is 4.79 Å². The number of methoxy groups -OCH3 is 1. The van der Waals surface area contributed by atoms with Gasteiger partial charge in [0.15, 0.2) is 6.61 Å². The molecule has 2 aromatic carbocycles. The largest absolute Gasteiger partial charge is 0.497 e. The molecule has 0 unspecified atom stereocenters. The second kappa shape index (κ2) is 10.8. The van der Waals surface area contributed by atoms with Gasteiger partial charge >= 0.3 is 5.63 Å². The Kier molecular flexibility index (Phi) is 7.74. The highest BCUT2D eigenvalue weighted by Gasteiger charge is 2.21. The molecule has 4 rings (SSSR count). The van der Waals surface area contributed by atoms with Gasteiger partial charge in [-0.2, -0.15) is 0 Å². The zero-order valence-corrected chi connectivity index (χ0v) is 22.3. The Labute approximate surface area is 215 Å². The number of carbonyl (C=O) groups excluding carboxylic acids is 1. The molecule has 7 heteroatoms. The number of unbranched alkanes of at least 4 members (excludes halogenated alkanes) is 3. The third-order valence-electron chi connectivity index (χ3n) is 6.96. The van der Waals surface area contributed by atoms with Crippen LogP contribution in [0.25, 0.3) is 21.9 Å². The number of benzene rings is 2. The summed E-state index contributed by atoms with van der Waals surface area (Å²) in [6, 6.07) is 9.00. The van der Waals surface area contributed by atoms with E-state index in [4.69, 9.17) is 25.5 Å². The topological polar surface area (TPSA) is 70.7 Å². The van der Waals surface area contributed by atoms with Gasteiger partial charge < -0.3 is 18.5 Å². The molecule has 0 aliphatic heterocycles. The second-order valence-corrected chi connectivity index (χ2v) is 9.60. The molecule has 4 aromatic rings. The molecule has 0 fully saturated rings. The number of ether oxygens (including phenoxy) is 2. The summed E-state index contributed by atoms with van der Waals surface area (Å²) < 4.78 is 18.8. The number of aryl methyl sites for hydroxylation is 2. The van der Waals surface area contributed by atoms with Gasteiger partial charge in [0.05, 0.1) is 12.1 Å². The van der Waals surface area contributed by atoms with Crippen LogP contribution < -0.4 is 15.1 Å². The standard InChI is InChI=1S/C29H32ClNO5/c1-6-7-8-9-10-20-17(2)21-14-23(30)27(15-26(21)36-29(20)33)35-16-25(32)28-18(3)31(4)24-12-11-19(34-5)13-22(24)28/h11-15H,6-10,16H2,1-5H3. The first-order valence-electron chi connectivity index (χ1n) is 12.3. The highest BCUT2D eigenvalue weighted by atomic mass is 35.5. The van der Waals surface area contributed by atoms with E-state index in [2.05, 4.69) is 6.92 Å². The van der Waals surface area contributed by atoms with Gasteiger partial charge in [0, 0.05) is 46.2 Å². The van der Waals surface area contributed by atoms with Gasteiger partial charge in [0.2, 0.25) is 5.78 Å². The van der Waals surface area contributed by atoms with E-state index >= 15 is 0 Å². The van der Waals surface area contributed by atoms with E-state index < -0.39 is 0 Å². The minimum absolute atomic E-state index is 0.178. The fourth-order valence-electron chi connectivity index (χ4n) is 4.76. The lowest BCUT2D eigenvalue weighted by Gasteiger charge is -2.12. The maximum Gasteiger partial charge on any atom is 0.339 e. The molecule has 0 N–H and O–H groups in total. The normalized spacial score (nSPS) is 11.4. The molecule has 0 saturated heterocycles. The van der Waals surface area contributed by atoms with Crippen LogP contribution in [0, 0.1) is 13.8 Å². The molecule has 2 aromatic heterocycles. The number of Topliss-reactive ketones (excluding diaryl/α,β-unsaturated/α-hetero) is 1. The Bertz CT molecular complexity index is 1500. The Morgan fingerprint density at radius 3 is 2.58 bits per heavy atom. The van der Waals surface area contributed by atoms with Gasteiger partial charge in [-0.3, -0.25) is 4.79 Å². The first kappa shape index (κ1) is 25.8. The summed E-state index contributed by atoms with van der Waals surface area (Å²) in [7, 11) is 3.52. The summed E-state index contributed by atoms with van der Waals surface area (Å²) in [6.45, 7) is 5.78. The highest BCUT2D eigenvalue weighted by molar-refractivity contribution is 6.32. The molecular formula is C29H32ClNO5. The molecule has 0 spiro atoms. The molecule has 6 nitrogen and oxygen atoms in total. The van der Waals surface area contributed by atoms with E-state index in [1.165, 1.54) is 0 Å². The van der Waals surface area contributed by atoms with Crippen LogP contribution >= 0.6 is 11.6 Å². The van der Waals surface area contributed by atoms with Crippen molar-refractivity contribution >= 4 is 39.3 Å². The summed E-state index contributed by atoms with van der Waals surface area (Å²) in [6.07, 6.45) is 5.00. The zero-order valence-electron chi connectivity index (χ0n) is 21.5. The van der Waals surface area contributed by atoms with Crippen LogP contribution in [0.1, 0.15) is 59.8 Å². The minimum atomic E-state index is -0.332. The summed E-state index contributed by atoms with van der Waals surface area (Å²) in [5.41, 5.74) is 3.99. The van der Waals surface area contributed by atoms with Gasteiger partial charge in [-0.15, -0.1) is 0 Å². The lowest BCUT2D eigenvalue weighted by atomic mass is 10.0. The SMILES string of the molecule is CCCCCCc1c(C)c2cc(Cl)c(OCC(=O)c3c(C)n(C)c4ccc(OC)cc34)cc2oc1=O. The van der Waals surface area contributed by atoms with Gasteiger partial charge in [-0.05, 0) is 56.5 Å². The molecular weight excluding hydrogens is 478 g/mol. The summed E-state index contributed by atoms with van der Waals surface area (Å²) in [5.74, 6) is 0.796. The lowest BCUT2D eigenvalue weighted by molar-refractivity contribution is 0.0922. The third kappa shape index (κ3) is 4.87. The number of hydrogen-bond donors (Lipinski definition) is 0. The molecule has 0 bridgehead atoms. The Hall–Kier alpha value is -3.25. The van der Waals surface area contributed by atoms with Gasteiger partial charge in [0.1, 0.15) is 17.1 Å². The maximum absolute atomic E-state index is 13.2. The van der Waals surface area contributed by atoms with Crippen LogP contribution in [0.5, 0.6) is 11.5 Å². The van der Waals surface area contributed by atoms with Crippen molar-refractivity contribution in [3.05, 3.63) is 68.2 Å². The van der Waals surface area contributed by atoms with Crippen molar-refractivity contribution in [1.82, 2.24) is 4.57 Å². The van der Waals surface area contributed by atoms with Crippen molar-refractivity contribution < 1.29 is 18.7 Å². The van der Waals surface area contributed by atoms with E-state index in [1.807, 2.05) is 43.7 Å². The summed E-state index contributed by atoms with van der Waals surface area (Å²) in [5, 5.41) is 1.95. The predicted octanol–water partition coefficient (Wildman–Crippen LogP) is 6.95. The van der Waals surface area contributed by atoms with Crippen molar-refractivity contribution in [3.8, 4) is 11.5 Å². The summed E-state index contributed by atoms with van der Waals surface area (Å²) >= 11 is 6.54. The average Bonchev–Trinajstić information content (AvgIpc) is 3.11. The van der Waals surface area contributed by atoms with E-state index in [0.29, 0.717) is 39.7 Å². The van der Waals surface area contributed by atoms with Crippen molar-refractivity contribution in [2.24, 2.45) is 7.05 Å². The molecule has 0 saturated carbocycles. The number of carbonyl (C=O) groups is 1. The third-order valence-corrected chi connectivity index (χ3v) is 7.25. The maximum atomic E-state index is 13.2. The Morgan fingerprint density at radius 2 is 1.86 bits per heavy atom. The van der Waals surface area contributed by atoms with E-state index in [9.17, 15) is 9.59 Å². The van der Waals surface area contributed by atoms with Crippen LogP contribution in [0.15, 0.2) is 39.5 Å². The van der Waals surface area contributed by atoms with Crippen molar-refractivity contribution in [2.75, 3.05) is 13.7 Å². The molecule has 0 aliphatic carbocycles. The van der Waals surface area contributed by atoms with Crippen LogP contribution in [0.4, 0.5) is 0 Å². The fraction of sp³-hybridized carbons (Fsp3) is 0.379. The molecule has 0 amide bonds. The molecule has 190 valence electrons. The predicted molar refractivity (Wildman–Crippen MR) is 144 cm³/mol. The first-order valence-corrected chi connectivity index (χ1v) is 12.7. The smallest absolute Gasteiger partial charge is 0.339 e. The molecule has 2 heterocycles. The Morgan fingerprint density at radius 1 is 1.08 bits per heavy atom. The van der Waals surface area contributed by atoms with Crippen molar-refractivity contribution in [2.45, 2.75) is 52.9 Å². The van der Waals surface area contributed by atoms with Gasteiger partial charge in [0.25, 0.3) is 0 Å². The molecule has 0 radical (unpaired) electrons. The number of rotatable bonds is 10. The number of fused-ring (bicyclic) bond motifs is 2. The summed E-state index contributed by atoms with van der Waals surface area (Å²) in [4.78, 5) is 25.9. The highest BCUT2D eigenvalue weighted by Crippen LogP contribution is 2.33. The first-order chi connectivity index (χ1) is 17.3. The van der Waals surface area contributed by atoms with Crippen LogP contribution in [-0.4, -0.2) is 24.1 Å². The number of halogens is 1. The molecule has 0 aliphatic rings.